The van der Waals surface area contributed by atoms with Crippen LogP contribution in [0, 0.1) is 0 Å². The number of ether oxygens (including phenoxy) is 1. The van der Waals surface area contributed by atoms with Gasteiger partial charge in [0.25, 0.3) is 0 Å². The van der Waals surface area contributed by atoms with Gasteiger partial charge in [-0.2, -0.15) is 0 Å². The zero-order valence-corrected chi connectivity index (χ0v) is 9.84. The first-order valence-corrected chi connectivity index (χ1v) is 5.55. The lowest BCUT2D eigenvalue weighted by Gasteiger charge is -2.06. The van der Waals surface area contributed by atoms with E-state index in [1.807, 2.05) is 0 Å². The minimum absolute atomic E-state index is 0.0682. The van der Waals surface area contributed by atoms with E-state index in [9.17, 15) is 14.7 Å². The molecule has 4 heteroatoms. The molecule has 0 saturated carbocycles. The van der Waals surface area contributed by atoms with Crippen LogP contribution in [0.25, 0.3) is 10.8 Å². The number of carbonyl (C=O) groups excluding carboxylic acids is 2. The number of fused-ring (bicyclic) bond motifs is 1. The SMILES string of the molecule is CCOC(=O)c1ccc2c(C=O)c(O)ccc2c1. The van der Waals surface area contributed by atoms with Crippen molar-refractivity contribution >= 4 is 23.0 Å². The standard InChI is InChI=1S/C14H12O4/c1-2-18-14(17)10-3-5-11-9(7-10)4-6-13(16)12(11)8-15/h3-8,16H,2H2,1H3. The first-order valence-electron chi connectivity index (χ1n) is 5.55. The fourth-order valence-corrected chi connectivity index (χ4v) is 1.81. The summed E-state index contributed by atoms with van der Waals surface area (Å²) in [5.74, 6) is -0.471. The van der Waals surface area contributed by atoms with Crippen LogP contribution in [-0.2, 0) is 4.74 Å². The van der Waals surface area contributed by atoms with E-state index in [4.69, 9.17) is 4.74 Å². The van der Waals surface area contributed by atoms with E-state index in [1.165, 1.54) is 6.07 Å². The van der Waals surface area contributed by atoms with Crippen molar-refractivity contribution in [3.63, 3.8) is 0 Å². The van der Waals surface area contributed by atoms with Crippen LogP contribution < -0.4 is 0 Å². The van der Waals surface area contributed by atoms with Gasteiger partial charge in [-0.15, -0.1) is 0 Å². The van der Waals surface area contributed by atoms with Gasteiger partial charge in [0.1, 0.15) is 5.75 Å². The zero-order chi connectivity index (χ0) is 13.1. The first kappa shape index (κ1) is 12.1. The summed E-state index contributed by atoms with van der Waals surface area (Å²) < 4.78 is 4.90. The molecule has 0 unspecified atom stereocenters. The Morgan fingerprint density at radius 2 is 2.11 bits per heavy atom. The van der Waals surface area contributed by atoms with Crippen molar-refractivity contribution in [2.24, 2.45) is 0 Å². The number of benzene rings is 2. The molecule has 0 aliphatic carbocycles. The van der Waals surface area contributed by atoms with Crippen molar-refractivity contribution in [1.29, 1.82) is 0 Å². The molecule has 0 aromatic heterocycles. The Labute approximate surface area is 104 Å². The predicted molar refractivity (Wildman–Crippen MR) is 67.0 cm³/mol. The molecule has 92 valence electrons. The number of hydrogen-bond acceptors (Lipinski definition) is 4. The molecule has 0 saturated heterocycles. The highest BCUT2D eigenvalue weighted by molar-refractivity contribution is 6.03. The van der Waals surface area contributed by atoms with Gasteiger partial charge in [-0.25, -0.2) is 4.79 Å². The molecule has 18 heavy (non-hydrogen) atoms. The van der Waals surface area contributed by atoms with Gasteiger partial charge in [0, 0.05) is 0 Å². The Kier molecular flexibility index (Phi) is 3.28. The smallest absolute Gasteiger partial charge is 0.338 e. The molecular formula is C14H12O4. The molecule has 2 aromatic rings. The molecule has 4 nitrogen and oxygen atoms in total. The Morgan fingerprint density at radius 1 is 1.33 bits per heavy atom. The van der Waals surface area contributed by atoms with Crippen LogP contribution >= 0.6 is 0 Å². The summed E-state index contributed by atoms with van der Waals surface area (Å²) in [7, 11) is 0. The molecule has 0 atom stereocenters. The Morgan fingerprint density at radius 3 is 2.78 bits per heavy atom. The number of carbonyl (C=O) groups is 2. The number of phenolic OH excluding ortho intramolecular Hbond substituents is 1. The third-order valence-electron chi connectivity index (χ3n) is 2.67. The average molecular weight is 244 g/mol. The van der Waals surface area contributed by atoms with Gasteiger partial charge in [-0.05, 0) is 35.9 Å². The van der Waals surface area contributed by atoms with E-state index in [2.05, 4.69) is 0 Å². The van der Waals surface area contributed by atoms with Crippen molar-refractivity contribution in [2.75, 3.05) is 6.61 Å². The number of esters is 1. The third-order valence-corrected chi connectivity index (χ3v) is 2.67. The molecule has 0 spiro atoms. The maximum atomic E-state index is 11.6. The molecule has 0 aliphatic rings. The number of hydrogen-bond donors (Lipinski definition) is 1. The van der Waals surface area contributed by atoms with Gasteiger partial charge in [-0.1, -0.05) is 12.1 Å². The van der Waals surface area contributed by atoms with Crippen LogP contribution in [-0.4, -0.2) is 24.0 Å². The predicted octanol–water partition coefficient (Wildman–Crippen LogP) is 2.53. The number of aromatic hydroxyl groups is 1. The highest BCUT2D eigenvalue weighted by Gasteiger charge is 2.10. The summed E-state index contributed by atoms with van der Waals surface area (Å²) in [5, 5.41) is 10.9. The lowest BCUT2D eigenvalue weighted by molar-refractivity contribution is 0.0526. The van der Waals surface area contributed by atoms with Crippen molar-refractivity contribution < 1.29 is 19.4 Å². The lowest BCUT2D eigenvalue weighted by atomic mass is 10.0. The second kappa shape index (κ2) is 4.87. The number of aldehydes is 1. The second-order valence-electron chi connectivity index (χ2n) is 3.77. The molecule has 0 radical (unpaired) electrons. The van der Waals surface area contributed by atoms with Gasteiger partial charge < -0.3 is 9.84 Å². The molecule has 2 aromatic carbocycles. The number of rotatable bonds is 3. The van der Waals surface area contributed by atoms with E-state index in [1.54, 1.807) is 31.2 Å². The van der Waals surface area contributed by atoms with Crippen LogP contribution in [0.4, 0.5) is 0 Å². The molecule has 2 rings (SSSR count). The van der Waals surface area contributed by atoms with E-state index in [0.29, 0.717) is 29.2 Å². The van der Waals surface area contributed by atoms with Crippen LogP contribution in [0.15, 0.2) is 30.3 Å². The molecule has 0 amide bonds. The van der Waals surface area contributed by atoms with Crippen molar-refractivity contribution in [2.45, 2.75) is 6.92 Å². The molecule has 0 heterocycles. The van der Waals surface area contributed by atoms with Gasteiger partial charge in [0.05, 0.1) is 17.7 Å². The molecule has 0 fully saturated rings. The number of phenols is 1. The zero-order valence-electron chi connectivity index (χ0n) is 9.84. The van der Waals surface area contributed by atoms with E-state index in [-0.39, 0.29) is 11.3 Å². The van der Waals surface area contributed by atoms with Crippen molar-refractivity contribution in [3.8, 4) is 5.75 Å². The summed E-state index contributed by atoms with van der Waals surface area (Å²) in [5.41, 5.74) is 0.648. The minimum atomic E-state index is -0.403. The van der Waals surface area contributed by atoms with Gasteiger partial charge in [0.2, 0.25) is 0 Å². The van der Waals surface area contributed by atoms with E-state index in [0.717, 1.165) is 0 Å². The maximum absolute atomic E-state index is 11.6. The second-order valence-corrected chi connectivity index (χ2v) is 3.77. The summed E-state index contributed by atoms with van der Waals surface area (Å²) in [6.07, 6.45) is 0.599. The summed E-state index contributed by atoms with van der Waals surface area (Å²) >= 11 is 0. The van der Waals surface area contributed by atoms with Crippen molar-refractivity contribution in [3.05, 3.63) is 41.5 Å². The molecule has 0 bridgehead atoms. The molecule has 1 N–H and O–H groups in total. The van der Waals surface area contributed by atoms with Crippen LogP contribution in [0.5, 0.6) is 5.75 Å². The minimum Gasteiger partial charge on any atom is -0.507 e. The highest BCUT2D eigenvalue weighted by Crippen LogP contribution is 2.26. The average Bonchev–Trinajstić information content (AvgIpc) is 2.38. The van der Waals surface area contributed by atoms with Crippen molar-refractivity contribution in [1.82, 2.24) is 0 Å². The Balaban J connectivity index is 2.57. The monoisotopic (exact) mass is 244 g/mol. The summed E-state index contributed by atoms with van der Waals surface area (Å²) in [4.78, 5) is 22.5. The van der Waals surface area contributed by atoms with Crippen LogP contribution in [0.3, 0.4) is 0 Å². The highest BCUT2D eigenvalue weighted by atomic mass is 16.5. The Hall–Kier alpha value is -2.36. The largest absolute Gasteiger partial charge is 0.507 e. The first-order chi connectivity index (χ1) is 8.67. The molecular weight excluding hydrogens is 232 g/mol. The van der Waals surface area contributed by atoms with Crippen LogP contribution in [0.2, 0.25) is 0 Å². The molecule has 0 aliphatic heterocycles. The topological polar surface area (TPSA) is 63.6 Å². The maximum Gasteiger partial charge on any atom is 0.338 e. The van der Waals surface area contributed by atoms with Gasteiger partial charge >= 0.3 is 5.97 Å². The normalized spacial score (nSPS) is 10.3. The fraction of sp³-hybridized carbons (Fsp3) is 0.143. The Bertz CT molecular complexity index is 616. The van der Waals surface area contributed by atoms with Gasteiger partial charge in [-0.3, -0.25) is 4.79 Å². The van der Waals surface area contributed by atoms with E-state index < -0.39 is 5.97 Å². The van der Waals surface area contributed by atoms with Gasteiger partial charge in [0.15, 0.2) is 6.29 Å². The van der Waals surface area contributed by atoms with E-state index >= 15 is 0 Å². The quantitative estimate of drug-likeness (QED) is 0.665. The summed E-state index contributed by atoms with van der Waals surface area (Å²) in [6, 6.07) is 7.93. The van der Waals surface area contributed by atoms with Crippen LogP contribution in [0.1, 0.15) is 27.6 Å². The fourth-order valence-electron chi connectivity index (χ4n) is 1.81. The third kappa shape index (κ3) is 2.05. The summed E-state index contributed by atoms with van der Waals surface area (Å²) in [6.45, 7) is 2.05. The lowest BCUT2D eigenvalue weighted by Crippen LogP contribution is -2.04.